The zero-order valence-corrected chi connectivity index (χ0v) is 12.2. The number of hydrogen-bond donors (Lipinski definition) is 1. The van der Waals surface area contributed by atoms with Gasteiger partial charge in [-0.05, 0) is 27.2 Å². The number of carbonyl (C=O) groups is 1. The number of nitrogens with zero attached hydrogens (tertiary/aromatic N) is 1. The molecule has 102 valence electrons. The summed E-state index contributed by atoms with van der Waals surface area (Å²) in [6.45, 7) is 7.86. The van der Waals surface area contributed by atoms with Crippen molar-refractivity contribution >= 4 is 15.9 Å². The molecule has 0 aromatic rings. The summed E-state index contributed by atoms with van der Waals surface area (Å²) in [6.07, 6.45) is 2.79. The molecule has 0 bridgehead atoms. The van der Waals surface area contributed by atoms with E-state index < -0.39 is 10.0 Å². The van der Waals surface area contributed by atoms with Crippen LogP contribution in [-0.4, -0.2) is 43.5 Å². The fraction of sp³-hybridized carbons (Fsp3) is 0.909. The van der Waals surface area contributed by atoms with Crippen LogP contribution in [0.2, 0.25) is 0 Å². The van der Waals surface area contributed by atoms with Gasteiger partial charge in [-0.3, -0.25) is 4.79 Å². The molecule has 0 spiro atoms. The van der Waals surface area contributed by atoms with Crippen molar-refractivity contribution < 1.29 is 13.2 Å². The summed E-state index contributed by atoms with van der Waals surface area (Å²) in [5, 5.41) is 2.75. The number of unbranched alkanes of at least 4 members (excludes halogenated alkanes) is 1. The molecular formula is C11H24N2O3S. The maximum Gasteiger partial charge on any atom is 0.235 e. The quantitative estimate of drug-likeness (QED) is 0.777. The molecule has 0 saturated heterocycles. The van der Waals surface area contributed by atoms with Gasteiger partial charge in [0.1, 0.15) is 0 Å². The minimum atomic E-state index is -3.32. The third kappa shape index (κ3) is 8.15. The number of hydrogen-bond acceptors (Lipinski definition) is 3. The van der Waals surface area contributed by atoms with E-state index in [-0.39, 0.29) is 18.0 Å². The SMILES string of the molecule is CCCCN(CC(=O)NC(C)(C)C)S(C)(=O)=O. The Morgan fingerprint density at radius 2 is 1.82 bits per heavy atom. The summed E-state index contributed by atoms with van der Waals surface area (Å²) >= 11 is 0. The van der Waals surface area contributed by atoms with Gasteiger partial charge in [0, 0.05) is 12.1 Å². The Kier molecular flexibility index (Phi) is 6.12. The summed E-state index contributed by atoms with van der Waals surface area (Å²) < 4.78 is 24.2. The molecule has 0 aliphatic heterocycles. The van der Waals surface area contributed by atoms with E-state index in [4.69, 9.17) is 0 Å². The second-order valence-electron chi connectivity index (χ2n) is 5.25. The lowest BCUT2D eigenvalue weighted by Gasteiger charge is -2.24. The van der Waals surface area contributed by atoms with Crippen LogP contribution in [0.3, 0.4) is 0 Å². The van der Waals surface area contributed by atoms with Gasteiger partial charge >= 0.3 is 0 Å². The van der Waals surface area contributed by atoms with Crippen LogP contribution in [0.15, 0.2) is 0 Å². The summed E-state index contributed by atoms with van der Waals surface area (Å²) in [5.74, 6) is -0.265. The molecule has 0 unspecified atom stereocenters. The van der Waals surface area contributed by atoms with Crippen LogP contribution >= 0.6 is 0 Å². The number of rotatable bonds is 6. The molecule has 0 saturated carbocycles. The van der Waals surface area contributed by atoms with E-state index in [1.807, 2.05) is 27.7 Å². The second kappa shape index (κ2) is 6.35. The molecule has 1 N–H and O–H groups in total. The molecule has 0 atom stereocenters. The third-order valence-corrected chi connectivity index (χ3v) is 3.31. The van der Waals surface area contributed by atoms with Crippen LogP contribution in [0.4, 0.5) is 0 Å². The van der Waals surface area contributed by atoms with Gasteiger partial charge in [-0.25, -0.2) is 8.42 Å². The number of carbonyl (C=O) groups excluding carboxylic acids is 1. The van der Waals surface area contributed by atoms with Crippen molar-refractivity contribution in [1.82, 2.24) is 9.62 Å². The van der Waals surface area contributed by atoms with E-state index in [1.165, 1.54) is 4.31 Å². The monoisotopic (exact) mass is 264 g/mol. The maximum absolute atomic E-state index is 11.7. The molecule has 1 amide bonds. The van der Waals surface area contributed by atoms with Crippen molar-refractivity contribution in [2.45, 2.75) is 46.1 Å². The largest absolute Gasteiger partial charge is 0.350 e. The highest BCUT2D eigenvalue weighted by Crippen LogP contribution is 2.03. The van der Waals surface area contributed by atoms with E-state index in [9.17, 15) is 13.2 Å². The van der Waals surface area contributed by atoms with Crippen molar-refractivity contribution in [2.75, 3.05) is 19.3 Å². The first-order valence-corrected chi connectivity index (χ1v) is 7.67. The van der Waals surface area contributed by atoms with Crippen LogP contribution in [-0.2, 0) is 14.8 Å². The zero-order chi connectivity index (χ0) is 13.7. The van der Waals surface area contributed by atoms with Crippen molar-refractivity contribution in [3.05, 3.63) is 0 Å². The summed E-state index contributed by atoms with van der Waals surface area (Å²) in [4.78, 5) is 11.7. The van der Waals surface area contributed by atoms with Gasteiger partial charge in [-0.1, -0.05) is 13.3 Å². The molecule has 0 aromatic heterocycles. The van der Waals surface area contributed by atoms with Crippen molar-refractivity contribution in [3.63, 3.8) is 0 Å². The number of nitrogens with one attached hydrogen (secondary N) is 1. The van der Waals surface area contributed by atoms with Crippen molar-refractivity contribution in [2.24, 2.45) is 0 Å². The van der Waals surface area contributed by atoms with Crippen molar-refractivity contribution in [3.8, 4) is 0 Å². The van der Waals surface area contributed by atoms with E-state index >= 15 is 0 Å². The number of sulfonamides is 1. The van der Waals surface area contributed by atoms with Crippen LogP contribution in [0, 0.1) is 0 Å². The minimum absolute atomic E-state index is 0.101. The zero-order valence-electron chi connectivity index (χ0n) is 11.4. The average molecular weight is 264 g/mol. The second-order valence-corrected chi connectivity index (χ2v) is 7.23. The molecule has 0 rings (SSSR count). The van der Waals surface area contributed by atoms with Crippen molar-refractivity contribution in [1.29, 1.82) is 0 Å². The predicted molar refractivity (Wildman–Crippen MR) is 69.2 cm³/mol. The standard InChI is InChI=1S/C11H24N2O3S/c1-6-7-8-13(17(5,15)16)9-10(14)12-11(2,3)4/h6-9H2,1-5H3,(H,12,14). The van der Waals surface area contributed by atoms with Crippen LogP contribution in [0.5, 0.6) is 0 Å². The highest BCUT2D eigenvalue weighted by atomic mass is 32.2. The van der Waals surface area contributed by atoms with E-state index in [0.29, 0.717) is 6.54 Å². The van der Waals surface area contributed by atoms with Gasteiger partial charge in [-0.2, -0.15) is 4.31 Å². The Morgan fingerprint density at radius 3 is 2.18 bits per heavy atom. The smallest absolute Gasteiger partial charge is 0.235 e. The van der Waals surface area contributed by atoms with Gasteiger partial charge in [0.25, 0.3) is 0 Å². The molecule has 17 heavy (non-hydrogen) atoms. The topological polar surface area (TPSA) is 66.5 Å². The lowest BCUT2D eigenvalue weighted by atomic mass is 10.1. The molecule has 0 aliphatic rings. The molecule has 0 fully saturated rings. The Hall–Kier alpha value is -0.620. The molecule has 5 nitrogen and oxygen atoms in total. The Morgan fingerprint density at radius 1 is 1.29 bits per heavy atom. The first kappa shape index (κ1) is 16.4. The Bertz CT molecular complexity index is 344. The first-order valence-electron chi connectivity index (χ1n) is 5.82. The first-order chi connectivity index (χ1) is 7.56. The van der Waals surface area contributed by atoms with Gasteiger partial charge in [-0.15, -0.1) is 0 Å². The summed E-state index contributed by atoms with van der Waals surface area (Å²) in [6, 6.07) is 0. The lowest BCUT2D eigenvalue weighted by molar-refractivity contribution is -0.122. The Balaban J connectivity index is 4.50. The van der Waals surface area contributed by atoms with Crippen LogP contribution in [0.1, 0.15) is 40.5 Å². The van der Waals surface area contributed by atoms with E-state index in [2.05, 4.69) is 5.32 Å². The van der Waals surface area contributed by atoms with Crippen LogP contribution < -0.4 is 5.32 Å². The van der Waals surface area contributed by atoms with Gasteiger partial charge in [0.15, 0.2) is 0 Å². The fourth-order valence-electron chi connectivity index (χ4n) is 1.31. The highest BCUT2D eigenvalue weighted by molar-refractivity contribution is 7.88. The van der Waals surface area contributed by atoms with Crippen LogP contribution in [0.25, 0.3) is 0 Å². The van der Waals surface area contributed by atoms with Gasteiger partial charge in [0.05, 0.1) is 12.8 Å². The third-order valence-electron chi connectivity index (χ3n) is 2.06. The Labute approximate surface area is 105 Å². The molecule has 0 aliphatic carbocycles. The highest BCUT2D eigenvalue weighted by Gasteiger charge is 2.21. The normalized spacial score (nSPS) is 12.8. The molecule has 6 heteroatoms. The average Bonchev–Trinajstić information content (AvgIpc) is 2.07. The molecule has 0 aromatic carbocycles. The number of amides is 1. The fourth-order valence-corrected chi connectivity index (χ4v) is 2.13. The molecular weight excluding hydrogens is 240 g/mol. The predicted octanol–water partition coefficient (Wildman–Crippen LogP) is 0.963. The minimum Gasteiger partial charge on any atom is -0.350 e. The van der Waals surface area contributed by atoms with E-state index in [1.54, 1.807) is 0 Å². The molecule has 0 radical (unpaired) electrons. The summed E-state index contributed by atoms with van der Waals surface area (Å²) in [7, 11) is -3.32. The van der Waals surface area contributed by atoms with Gasteiger partial charge in [0.2, 0.25) is 15.9 Å². The van der Waals surface area contributed by atoms with E-state index in [0.717, 1.165) is 19.1 Å². The maximum atomic E-state index is 11.7. The lowest BCUT2D eigenvalue weighted by Crippen LogP contribution is -2.47. The summed E-state index contributed by atoms with van der Waals surface area (Å²) in [5.41, 5.74) is -0.342. The van der Waals surface area contributed by atoms with Gasteiger partial charge < -0.3 is 5.32 Å². The molecule has 0 heterocycles.